The highest BCUT2D eigenvalue weighted by atomic mass is 16.5. The lowest BCUT2D eigenvalue weighted by Gasteiger charge is -2.36. The van der Waals surface area contributed by atoms with Crippen molar-refractivity contribution in [1.29, 1.82) is 0 Å². The average molecular weight is 392 g/mol. The van der Waals surface area contributed by atoms with E-state index in [0.717, 1.165) is 5.69 Å². The van der Waals surface area contributed by atoms with Crippen molar-refractivity contribution in [2.45, 2.75) is 12.5 Å². The third kappa shape index (κ3) is 5.35. The van der Waals surface area contributed by atoms with Crippen molar-refractivity contribution in [2.75, 3.05) is 59.5 Å². The number of benzene rings is 1. The molecular weight excluding hydrogens is 364 g/mol. The summed E-state index contributed by atoms with van der Waals surface area (Å²) in [5.41, 5.74) is 1.26. The number of anilines is 1. The summed E-state index contributed by atoms with van der Waals surface area (Å²) < 4.78 is 10.7. The highest BCUT2D eigenvalue weighted by molar-refractivity contribution is 5.95. The summed E-state index contributed by atoms with van der Waals surface area (Å²) in [5, 5.41) is 5.28. The fraction of sp³-hybridized carbons (Fsp3) is 0.526. The second-order valence-corrected chi connectivity index (χ2v) is 6.63. The number of ether oxygens (including phenoxy) is 2. The Morgan fingerprint density at radius 1 is 1.36 bits per heavy atom. The van der Waals surface area contributed by atoms with Crippen molar-refractivity contribution in [1.82, 2.24) is 15.5 Å². The van der Waals surface area contributed by atoms with Crippen molar-refractivity contribution in [3.63, 3.8) is 0 Å². The number of methoxy groups -OCH3 is 1. The van der Waals surface area contributed by atoms with Gasteiger partial charge in [0.25, 0.3) is 5.91 Å². The molecule has 0 bridgehead atoms. The van der Waals surface area contributed by atoms with Crippen LogP contribution in [0.2, 0.25) is 0 Å². The summed E-state index contributed by atoms with van der Waals surface area (Å²) in [7, 11) is 6.57. The molecule has 0 saturated heterocycles. The van der Waals surface area contributed by atoms with Gasteiger partial charge in [-0.3, -0.25) is 14.4 Å². The number of nitrogens with zero attached hydrogens (tertiary/aromatic N) is 2. The first kappa shape index (κ1) is 21.5. The van der Waals surface area contributed by atoms with Crippen molar-refractivity contribution < 1.29 is 23.9 Å². The summed E-state index contributed by atoms with van der Waals surface area (Å²) in [5.74, 6) is 0.0923. The minimum absolute atomic E-state index is 0.00893. The molecule has 1 unspecified atom stereocenters. The summed E-state index contributed by atoms with van der Waals surface area (Å²) in [6, 6.07) is 5.02. The van der Waals surface area contributed by atoms with Gasteiger partial charge in [0.2, 0.25) is 11.8 Å². The summed E-state index contributed by atoms with van der Waals surface area (Å²) in [6.45, 7) is 1.22. The van der Waals surface area contributed by atoms with Gasteiger partial charge in [-0.25, -0.2) is 0 Å². The Morgan fingerprint density at radius 2 is 2.11 bits per heavy atom. The quantitative estimate of drug-likeness (QED) is 0.597. The number of hydrogen-bond donors (Lipinski definition) is 2. The highest BCUT2D eigenvalue weighted by Gasteiger charge is 2.28. The monoisotopic (exact) mass is 392 g/mol. The third-order valence-electron chi connectivity index (χ3n) is 4.67. The van der Waals surface area contributed by atoms with Crippen molar-refractivity contribution in [3.05, 3.63) is 23.8 Å². The normalized spacial score (nSPS) is 15.3. The maximum atomic E-state index is 12.4. The molecule has 0 aliphatic carbocycles. The average Bonchev–Trinajstić information content (AvgIpc) is 2.69. The molecule has 1 atom stereocenters. The second-order valence-electron chi connectivity index (χ2n) is 6.63. The van der Waals surface area contributed by atoms with E-state index in [4.69, 9.17) is 9.47 Å². The lowest BCUT2D eigenvalue weighted by atomic mass is 10.1. The second kappa shape index (κ2) is 9.93. The van der Waals surface area contributed by atoms with E-state index in [1.54, 1.807) is 32.4 Å². The van der Waals surface area contributed by atoms with E-state index in [1.165, 1.54) is 11.9 Å². The molecule has 9 heteroatoms. The van der Waals surface area contributed by atoms with Gasteiger partial charge in [0.1, 0.15) is 12.4 Å². The van der Waals surface area contributed by atoms with Crippen LogP contribution in [-0.2, 0) is 14.3 Å². The molecule has 1 aromatic rings. The molecule has 28 heavy (non-hydrogen) atoms. The summed E-state index contributed by atoms with van der Waals surface area (Å²) >= 11 is 0. The van der Waals surface area contributed by atoms with E-state index >= 15 is 0 Å². The van der Waals surface area contributed by atoms with Gasteiger partial charge in [-0.1, -0.05) is 0 Å². The first-order valence-electron chi connectivity index (χ1n) is 9.08. The van der Waals surface area contributed by atoms with Crippen molar-refractivity contribution in [3.8, 4) is 5.75 Å². The van der Waals surface area contributed by atoms with Gasteiger partial charge in [-0.2, -0.15) is 0 Å². The number of nitrogens with one attached hydrogen (secondary N) is 2. The largest absolute Gasteiger partial charge is 0.489 e. The number of carbonyl (C=O) groups is 3. The van der Waals surface area contributed by atoms with E-state index in [9.17, 15) is 14.4 Å². The molecule has 1 heterocycles. The van der Waals surface area contributed by atoms with Crippen LogP contribution in [0.15, 0.2) is 18.2 Å². The Hall–Kier alpha value is -2.81. The van der Waals surface area contributed by atoms with Crippen LogP contribution in [0.3, 0.4) is 0 Å². The summed E-state index contributed by atoms with van der Waals surface area (Å²) in [4.78, 5) is 39.5. The minimum Gasteiger partial charge on any atom is -0.489 e. The van der Waals surface area contributed by atoms with Gasteiger partial charge in [0, 0.05) is 40.4 Å². The number of carbonyl (C=O) groups excluding carboxylic acids is 3. The summed E-state index contributed by atoms with van der Waals surface area (Å²) in [6.07, 6.45) is 0.202. The molecule has 1 aromatic carbocycles. The number of likely N-dealkylation sites (N-methyl/N-ethyl adjacent to an activating group) is 3. The van der Waals surface area contributed by atoms with E-state index in [0.29, 0.717) is 31.1 Å². The van der Waals surface area contributed by atoms with Gasteiger partial charge in [0.15, 0.2) is 0 Å². The predicted molar refractivity (Wildman–Crippen MR) is 105 cm³/mol. The van der Waals surface area contributed by atoms with Gasteiger partial charge in [0.05, 0.1) is 31.3 Å². The van der Waals surface area contributed by atoms with Crippen LogP contribution in [0.4, 0.5) is 5.69 Å². The zero-order chi connectivity index (χ0) is 20.7. The topological polar surface area (TPSA) is 100 Å². The van der Waals surface area contributed by atoms with Gasteiger partial charge in [-0.15, -0.1) is 0 Å². The highest BCUT2D eigenvalue weighted by Crippen LogP contribution is 2.34. The van der Waals surface area contributed by atoms with Crippen LogP contribution in [0.1, 0.15) is 16.8 Å². The Bertz CT molecular complexity index is 724. The molecule has 2 rings (SSSR count). The Labute approximate surface area is 165 Å². The number of rotatable bonds is 8. The van der Waals surface area contributed by atoms with E-state index < -0.39 is 0 Å². The SMILES string of the molecule is CNC(=O)CN(C)C(=O)CC1COc2ccc(C(=O)NCCOC)cc2N1C. The molecule has 1 aliphatic rings. The molecular formula is C19H28N4O5. The molecule has 154 valence electrons. The van der Waals surface area contributed by atoms with Crippen molar-refractivity contribution >= 4 is 23.4 Å². The molecule has 3 amide bonds. The van der Waals surface area contributed by atoms with Gasteiger partial charge in [-0.05, 0) is 18.2 Å². The zero-order valence-electron chi connectivity index (χ0n) is 16.8. The smallest absolute Gasteiger partial charge is 0.251 e. The molecule has 0 saturated carbocycles. The first-order valence-corrected chi connectivity index (χ1v) is 9.08. The van der Waals surface area contributed by atoms with Gasteiger partial charge < -0.3 is 29.9 Å². The van der Waals surface area contributed by atoms with E-state index in [2.05, 4.69) is 10.6 Å². The standard InChI is InChI=1S/C19H28N4O5/c1-20-17(24)11-22(2)18(25)10-14-12-28-16-6-5-13(9-15(16)23(14)3)19(26)21-7-8-27-4/h5-6,9,14H,7-8,10-12H2,1-4H3,(H,20,24)(H,21,26). The Morgan fingerprint density at radius 3 is 2.79 bits per heavy atom. The molecule has 0 aromatic heterocycles. The maximum absolute atomic E-state index is 12.4. The van der Waals surface area contributed by atoms with Crippen LogP contribution >= 0.6 is 0 Å². The fourth-order valence-corrected chi connectivity index (χ4v) is 2.86. The number of hydrogen-bond acceptors (Lipinski definition) is 6. The maximum Gasteiger partial charge on any atom is 0.251 e. The van der Waals surface area contributed by atoms with Crippen LogP contribution in [0.5, 0.6) is 5.75 Å². The van der Waals surface area contributed by atoms with Gasteiger partial charge >= 0.3 is 0 Å². The minimum atomic E-state index is -0.224. The van der Waals surface area contributed by atoms with E-state index in [-0.39, 0.29) is 36.7 Å². The Balaban J connectivity index is 2.05. The third-order valence-corrected chi connectivity index (χ3v) is 4.67. The molecule has 2 N–H and O–H groups in total. The first-order chi connectivity index (χ1) is 13.4. The number of fused-ring (bicyclic) bond motifs is 1. The lowest BCUT2D eigenvalue weighted by Crippen LogP contribution is -2.45. The van der Waals surface area contributed by atoms with E-state index in [1.807, 2.05) is 11.9 Å². The van der Waals surface area contributed by atoms with Crippen LogP contribution < -0.4 is 20.3 Å². The molecule has 1 aliphatic heterocycles. The Kier molecular flexibility index (Phi) is 7.62. The zero-order valence-corrected chi connectivity index (χ0v) is 16.8. The van der Waals surface area contributed by atoms with Crippen molar-refractivity contribution in [2.24, 2.45) is 0 Å². The number of amides is 3. The molecule has 0 radical (unpaired) electrons. The molecule has 0 spiro atoms. The van der Waals surface area contributed by atoms with Crippen LogP contribution in [0, 0.1) is 0 Å². The molecule has 9 nitrogen and oxygen atoms in total. The fourth-order valence-electron chi connectivity index (χ4n) is 2.86. The van der Waals surface area contributed by atoms with Crippen LogP contribution in [0.25, 0.3) is 0 Å². The molecule has 0 fully saturated rings. The van der Waals surface area contributed by atoms with Crippen LogP contribution in [-0.4, -0.2) is 83.2 Å². The predicted octanol–water partition coefficient (Wildman–Crippen LogP) is -0.145. The lowest BCUT2D eigenvalue weighted by molar-refractivity contribution is -0.135.